The molecule has 0 saturated heterocycles. The Balaban J connectivity index is 2.67. The molecule has 0 spiro atoms. The van der Waals surface area contributed by atoms with Crippen molar-refractivity contribution >= 4 is 12.3 Å². The van der Waals surface area contributed by atoms with Crippen LogP contribution in [0.2, 0.25) is 0 Å². The molecule has 1 rings (SSSR count). The molecule has 0 amide bonds. The van der Waals surface area contributed by atoms with Gasteiger partial charge < -0.3 is 5.11 Å². The second-order valence-electron chi connectivity index (χ2n) is 2.70. The highest BCUT2D eigenvalue weighted by Gasteiger charge is 2.17. The van der Waals surface area contributed by atoms with E-state index in [1.54, 1.807) is 24.3 Å². The van der Waals surface area contributed by atoms with E-state index in [0.29, 0.717) is 0 Å². The molecule has 1 radical (unpaired) electrons. The van der Waals surface area contributed by atoms with Crippen molar-refractivity contribution in [1.82, 2.24) is 0 Å². The Morgan fingerprint density at radius 2 is 2.00 bits per heavy atom. The molecule has 0 fully saturated rings. The number of carboxylic acid groups (broad SMARTS) is 1. The zero-order valence-electron chi connectivity index (χ0n) is 6.93. The van der Waals surface area contributed by atoms with Crippen LogP contribution in [0.25, 0.3) is 0 Å². The minimum Gasteiger partial charge on any atom is -0.481 e. The van der Waals surface area contributed by atoms with Gasteiger partial charge in [0.25, 0.3) is 0 Å². The fraction of sp³-hybridized carbons (Fsp3) is 0.200. The van der Waals surface area contributed by atoms with Gasteiger partial charge in [0.15, 0.2) is 0 Å². The Kier molecular flexibility index (Phi) is 3.20. The number of benzene rings is 1. The first-order valence-corrected chi connectivity index (χ1v) is 3.88. The normalized spacial score (nSPS) is 12.0. The minimum absolute atomic E-state index is 0.208. The molecular weight excluding hydrogens is 168 g/mol. The van der Waals surface area contributed by atoms with Crippen LogP contribution in [0.5, 0.6) is 0 Å². The van der Waals surface area contributed by atoms with Gasteiger partial charge in [-0.25, -0.2) is 0 Å². The Morgan fingerprint density at radius 3 is 2.46 bits per heavy atom. The summed E-state index contributed by atoms with van der Waals surface area (Å²) in [4.78, 5) is 20.7. The van der Waals surface area contributed by atoms with Crippen molar-refractivity contribution in [2.45, 2.75) is 6.42 Å². The Labute approximate surface area is 76.0 Å². The first-order chi connectivity index (χ1) is 6.24. The molecule has 0 aliphatic rings. The number of carbonyl (C=O) groups excluding carboxylic acids is 1. The standard InChI is InChI=1S/C10H9O3/c11-7-9(10(12)13)6-8-4-2-1-3-5-8/h1-5,9H,6H2,(H,12,13). The smallest absolute Gasteiger partial charge is 0.314 e. The average Bonchev–Trinajstić information content (AvgIpc) is 2.15. The van der Waals surface area contributed by atoms with Crippen LogP contribution >= 0.6 is 0 Å². The van der Waals surface area contributed by atoms with Crippen molar-refractivity contribution < 1.29 is 14.7 Å². The third kappa shape index (κ3) is 2.71. The monoisotopic (exact) mass is 177 g/mol. The maximum Gasteiger partial charge on any atom is 0.314 e. The molecule has 0 aromatic heterocycles. The van der Waals surface area contributed by atoms with Gasteiger partial charge in [-0.2, -0.15) is 0 Å². The second-order valence-corrected chi connectivity index (χ2v) is 2.70. The van der Waals surface area contributed by atoms with E-state index in [-0.39, 0.29) is 6.42 Å². The van der Waals surface area contributed by atoms with Crippen molar-refractivity contribution in [1.29, 1.82) is 0 Å². The number of aliphatic carboxylic acids is 1. The Morgan fingerprint density at radius 1 is 1.38 bits per heavy atom. The van der Waals surface area contributed by atoms with Gasteiger partial charge in [-0.3, -0.25) is 9.59 Å². The maximum absolute atomic E-state index is 10.5. The third-order valence-corrected chi connectivity index (χ3v) is 1.72. The van der Waals surface area contributed by atoms with E-state index in [2.05, 4.69) is 0 Å². The van der Waals surface area contributed by atoms with Crippen molar-refractivity contribution in [2.75, 3.05) is 0 Å². The van der Waals surface area contributed by atoms with Crippen molar-refractivity contribution in [3.8, 4) is 0 Å². The molecule has 3 nitrogen and oxygen atoms in total. The Hall–Kier alpha value is -1.64. The van der Waals surface area contributed by atoms with Crippen LogP contribution in [0.1, 0.15) is 5.56 Å². The number of hydrogen-bond acceptors (Lipinski definition) is 2. The molecule has 0 bridgehead atoms. The van der Waals surface area contributed by atoms with Crippen LogP contribution in [0.3, 0.4) is 0 Å². The van der Waals surface area contributed by atoms with Crippen molar-refractivity contribution in [3.05, 3.63) is 35.9 Å². The van der Waals surface area contributed by atoms with E-state index in [0.717, 1.165) is 5.56 Å². The van der Waals surface area contributed by atoms with Crippen LogP contribution in [0.4, 0.5) is 0 Å². The van der Waals surface area contributed by atoms with Gasteiger partial charge in [0.1, 0.15) is 5.92 Å². The van der Waals surface area contributed by atoms with Gasteiger partial charge in [-0.15, -0.1) is 0 Å². The topological polar surface area (TPSA) is 54.4 Å². The van der Waals surface area contributed by atoms with Crippen molar-refractivity contribution in [3.63, 3.8) is 0 Å². The van der Waals surface area contributed by atoms with Crippen LogP contribution in [-0.2, 0) is 16.0 Å². The SMILES string of the molecule is O=[C]C(Cc1ccccc1)C(=O)O. The van der Waals surface area contributed by atoms with Crippen LogP contribution in [0.15, 0.2) is 30.3 Å². The van der Waals surface area contributed by atoms with Crippen LogP contribution in [-0.4, -0.2) is 17.4 Å². The largest absolute Gasteiger partial charge is 0.481 e. The average molecular weight is 177 g/mol. The fourth-order valence-corrected chi connectivity index (χ4v) is 1.03. The summed E-state index contributed by atoms with van der Waals surface area (Å²) in [5.41, 5.74) is 0.832. The first kappa shape index (κ1) is 9.45. The lowest BCUT2D eigenvalue weighted by Crippen LogP contribution is -2.17. The highest BCUT2D eigenvalue weighted by Crippen LogP contribution is 2.06. The van der Waals surface area contributed by atoms with Gasteiger partial charge in [0.05, 0.1) is 0 Å². The van der Waals surface area contributed by atoms with Gasteiger partial charge in [-0.1, -0.05) is 30.3 Å². The third-order valence-electron chi connectivity index (χ3n) is 1.72. The first-order valence-electron chi connectivity index (χ1n) is 3.88. The summed E-state index contributed by atoms with van der Waals surface area (Å²) >= 11 is 0. The number of carbonyl (C=O) groups is 1. The van der Waals surface area contributed by atoms with Gasteiger partial charge >= 0.3 is 5.97 Å². The number of rotatable bonds is 4. The van der Waals surface area contributed by atoms with E-state index < -0.39 is 11.9 Å². The minimum atomic E-state index is -1.13. The molecule has 0 aliphatic heterocycles. The maximum atomic E-state index is 10.5. The lowest BCUT2D eigenvalue weighted by atomic mass is 10.0. The predicted molar refractivity (Wildman–Crippen MR) is 47.0 cm³/mol. The molecule has 67 valence electrons. The van der Waals surface area contributed by atoms with Crippen LogP contribution < -0.4 is 0 Å². The van der Waals surface area contributed by atoms with Gasteiger partial charge in [0.2, 0.25) is 6.29 Å². The summed E-state index contributed by atoms with van der Waals surface area (Å²) in [5.74, 6) is -2.18. The summed E-state index contributed by atoms with van der Waals surface area (Å²) in [5, 5.41) is 8.57. The molecule has 1 aromatic rings. The molecule has 1 N–H and O–H groups in total. The molecule has 13 heavy (non-hydrogen) atoms. The van der Waals surface area contributed by atoms with Gasteiger partial charge in [-0.05, 0) is 12.0 Å². The fourth-order valence-electron chi connectivity index (χ4n) is 1.03. The zero-order chi connectivity index (χ0) is 9.68. The molecule has 1 aromatic carbocycles. The van der Waals surface area contributed by atoms with Gasteiger partial charge in [0, 0.05) is 0 Å². The summed E-state index contributed by atoms with van der Waals surface area (Å²) in [6, 6.07) is 9.02. The molecule has 0 aliphatic carbocycles. The number of carboxylic acids is 1. The lowest BCUT2D eigenvalue weighted by molar-refractivity contribution is -0.139. The Bertz CT molecular complexity index is 292. The summed E-state index contributed by atoms with van der Waals surface area (Å²) in [7, 11) is 0. The van der Waals surface area contributed by atoms with Crippen LogP contribution in [0, 0.1) is 5.92 Å². The summed E-state index contributed by atoms with van der Waals surface area (Å²) in [6.45, 7) is 0. The summed E-state index contributed by atoms with van der Waals surface area (Å²) < 4.78 is 0. The van der Waals surface area contributed by atoms with E-state index in [4.69, 9.17) is 5.11 Å². The highest BCUT2D eigenvalue weighted by atomic mass is 16.4. The molecule has 1 unspecified atom stereocenters. The quantitative estimate of drug-likeness (QED) is 0.699. The number of hydrogen-bond donors (Lipinski definition) is 1. The highest BCUT2D eigenvalue weighted by molar-refractivity contribution is 5.86. The van der Waals surface area contributed by atoms with E-state index >= 15 is 0 Å². The molecular formula is C10H9O3. The molecule has 0 heterocycles. The molecule has 0 saturated carbocycles. The molecule has 1 atom stereocenters. The lowest BCUT2D eigenvalue weighted by Gasteiger charge is -2.02. The van der Waals surface area contributed by atoms with E-state index in [9.17, 15) is 9.59 Å². The van der Waals surface area contributed by atoms with E-state index in [1.165, 1.54) is 6.29 Å². The zero-order valence-corrected chi connectivity index (χ0v) is 6.93. The second kappa shape index (κ2) is 4.40. The summed E-state index contributed by atoms with van der Waals surface area (Å²) in [6.07, 6.45) is 1.71. The molecule has 3 heteroatoms. The van der Waals surface area contributed by atoms with Crippen molar-refractivity contribution in [2.24, 2.45) is 5.92 Å². The van der Waals surface area contributed by atoms with E-state index in [1.807, 2.05) is 6.07 Å². The predicted octanol–water partition coefficient (Wildman–Crippen LogP) is 1.04.